The van der Waals surface area contributed by atoms with E-state index in [0.717, 1.165) is 9.13 Å². The van der Waals surface area contributed by atoms with Gasteiger partial charge in [-0.3, -0.25) is 13.9 Å². The van der Waals surface area contributed by atoms with Gasteiger partial charge >= 0.3 is 11.7 Å². The van der Waals surface area contributed by atoms with Crippen LogP contribution < -0.4 is 11.2 Å². The van der Waals surface area contributed by atoms with E-state index in [-0.39, 0.29) is 17.8 Å². The lowest BCUT2D eigenvalue weighted by Gasteiger charge is -2.11. The molecule has 3 aromatic rings. The van der Waals surface area contributed by atoms with Gasteiger partial charge in [0, 0.05) is 10.6 Å². The van der Waals surface area contributed by atoms with E-state index in [4.69, 9.17) is 0 Å². The number of fused-ring (bicyclic) bond motifs is 1. The summed E-state index contributed by atoms with van der Waals surface area (Å²) in [6.07, 6.45) is 0. The number of aryl methyl sites for hydroxylation is 1. The van der Waals surface area contributed by atoms with Gasteiger partial charge in [-0.2, -0.15) is 0 Å². The molecule has 0 N–H and O–H groups in total. The summed E-state index contributed by atoms with van der Waals surface area (Å²) >= 11 is 2.13. The van der Waals surface area contributed by atoms with E-state index in [2.05, 4.69) is 27.3 Å². The molecule has 0 aliphatic heterocycles. The molecule has 0 amide bonds. The van der Waals surface area contributed by atoms with Gasteiger partial charge in [0.1, 0.15) is 0 Å². The predicted molar refractivity (Wildman–Crippen MR) is 103 cm³/mol. The summed E-state index contributed by atoms with van der Waals surface area (Å²) in [6.45, 7) is 0.133. The second kappa shape index (κ2) is 6.83. The fourth-order valence-corrected chi connectivity index (χ4v) is 3.17. The fourth-order valence-electron chi connectivity index (χ4n) is 2.67. The van der Waals surface area contributed by atoms with Crippen LogP contribution in [-0.2, 0) is 18.3 Å². The van der Waals surface area contributed by atoms with E-state index in [9.17, 15) is 14.4 Å². The number of hydrogen-bond donors (Lipinski definition) is 0. The molecule has 0 aliphatic rings. The Labute approximate surface area is 156 Å². The summed E-state index contributed by atoms with van der Waals surface area (Å²) in [7, 11) is 2.96. The first kappa shape index (κ1) is 17.4. The Bertz CT molecular complexity index is 1080. The molecule has 0 spiro atoms. The molecule has 128 valence electrons. The van der Waals surface area contributed by atoms with Crippen LogP contribution in [0.2, 0.25) is 0 Å². The molecule has 7 heteroatoms. The number of aromatic nitrogens is 2. The topological polar surface area (TPSA) is 70.3 Å². The summed E-state index contributed by atoms with van der Waals surface area (Å²) in [4.78, 5) is 36.8. The van der Waals surface area contributed by atoms with Gasteiger partial charge in [-0.15, -0.1) is 0 Å². The van der Waals surface area contributed by atoms with E-state index in [1.807, 2.05) is 6.07 Å². The first-order valence-corrected chi connectivity index (χ1v) is 8.56. The zero-order chi connectivity index (χ0) is 18.1. The summed E-state index contributed by atoms with van der Waals surface area (Å²) < 4.78 is 8.25. The number of nitrogens with zero attached hydrogens (tertiary/aromatic N) is 2. The highest BCUT2D eigenvalue weighted by molar-refractivity contribution is 14.1. The standard InChI is InChI=1S/C18H15IN2O4/c1-20-15-8-7-13(19)9-14(15)16(22)21(18(20)24)10-11-3-5-12(6-4-11)17(23)25-2/h3-9H,10H2,1-2H3. The molecular weight excluding hydrogens is 435 g/mol. The van der Waals surface area contributed by atoms with Crippen LogP contribution in [0.5, 0.6) is 0 Å². The SMILES string of the molecule is COC(=O)c1ccc(Cn2c(=O)c3cc(I)ccc3n(C)c2=O)cc1. The van der Waals surface area contributed by atoms with Gasteiger partial charge < -0.3 is 4.74 Å². The van der Waals surface area contributed by atoms with Gasteiger partial charge in [0.15, 0.2) is 0 Å². The Balaban J connectivity index is 2.09. The van der Waals surface area contributed by atoms with E-state index < -0.39 is 5.97 Å². The molecule has 0 aliphatic carbocycles. The lowest BCUT2D eigenvalue weighted by Crippen LogP contribution is -2.39. The van der Waals surface area contributed by atoms with Crippen molar-refractivity contribution in [2.45, 2.75) is 6.54 Å². The molecule has 0 saturated carbocycles. The number of ether oxygens (including phenoxy) is 1. The Hall–Kier alpha value is -2.42. The number of carbonyl (C=O) groups excluding carboxylic acids is 1. The molecule has 0 unspecified atom stereocenters. The largest absolute Gasteiger partial charge is 0.465 e. The minimum Gasteiger partial charge on any atom is -0.465 e. The van der Waals surface area contributed by atoms with Crippen molar-refractivity contribution < 1.29 is 9.53 Å². The predicted octanol–water partition coefficient (Wildman–Crippen LogP) is 2.14. The van der Waals surface area contributed by atoms with Crippen LogP contribution in [0, 0.1) is 3.57 Å². The van der Waals surface area contributed by atoms with Gasteiger partial charge in [0.2, 0.25) is 0 Å². The number of methoxy groups -OCH3 is 1. The van der Waals surface area contributed by atoms with Crippen LogP contribution in [0.25, 0.3) is 10.9 Å². The molecule has 0 bridgehead atoms. The van der Waals surface area contributed by atoms with E-state index in [0.29, 0.717) is 16.5 Å². The van der Waals surface area contributed by atoms with Crippen molar-refractivity contribution in [3.05, 3.63) is 78.0 Å². The van der Waals surface area contributed by atoms with Gasteiger partial charge in [0.05, 0.1) is 30.1 Å². The lowest BCUT2D eigenvalue weighted by atomic mass is 10.1. The minimum absolute atomic E-state index is 0.133. The van der Waals surface area contributed by atoms with Gasteiger partial charge in [-0.1, -0.05) is 12.1 Å². The van der Waals surface area contributed by atoms with Crippen molar-refractivity contribution in [1.82, 2.24) is 9.13 Å². The first-order valence-electron chi connectivity index (χ1n) is 7.48. The number of esters is 1. The normalized spacial score (nSPS) is 10.8. The second-order valence-corrected chi connectivity index (χ2v) is 6.83. The molecule has 3 rings (SSSR count). The maximum atomic E-state index is 12.8. The molecule has 0 radical (unpaired) electrons. The van der Waals surface area contributed by atoms with Gasteiger partial charge in [-0.25, -0.2) is 9.59 Å². The molecule has 0 fully saturated rings. The zero-order valence-corrected chi connectivity index (χ0v) is 15.8. The fraction of sp³-hybridized carbons (Fsp3) is 0.167. The maximum absolute atomic E-state index is 12.8. The Kier molecular flexibility index (Phi) is 4.76. The maximum Gasteiger partial charge on any atom is 0.337 e. The molecule has 6 nitrogen and oxygen atoms in total. The summed E-state index contributed by atoms with van der Waals surface area (Å²) in [5.41, 5.74) is 1.06. The highest BCUT2D eigenvalue weighted by Crippen LogP contribution is 2.13. The first-order chi connectivity index (χ1) is 11.9. The van der Waals surface area contributed by atoms with E-state index >= 15 is 0 Å². The van der Waals surface area contributed by atoms with Crippen molar-refractivity contribution in [3.63, 3.8) is 0 Å². The summed E-state index contributed by atoms with van der Waals surface area (Å²) in [5.74, 6) is -0.431. The molecular formula is C18H15IN2O4. The molecule has 0 saturated heterocycles. The number of hydrogen-bond acceptors (Lipinski definition) is 4. The van der Waals surface area contributed by atoms with Crippen LogP contribution in [0.4, 0.5) is 0 Å². The quantitative estimate of drug-likeness (QED) is 0.453. The zero-order valence-electron chi connectivity index (χ0n) is 13.7. The number of rotatable bonds is 3. The number of benzene rings is 2. The third-order valence-corrected chi connectivity index (χ3v) is 4.70. The summed E-state index contributed by atoms with van der Waals surface area (Å²) in [6, 6.07) is 12.0. The highest BCUT2D eigenvalue weighted by atomic mass is 127. The Morgan fingerprint density at radius 1 is 1.12 bits per heavy atom. The highest BCUT2D eigenvalue weighted by Gasteiger charge is 2.12. The van der Waals surface area contributed by atoms with Crippen LogP contribution in [0.1, 0.15) is 15.9 Å². The molecule has 0 atom stereocenters. The second-order valence-electron chi connectivity index (χ2n) is 5.58. The molecule has 1 aromatic heterocycles. The van der Waals surface area contributed by atoms with Crippen LogP contribution in [0.15, 0.2) is 52.1 Å². The Morgan fingerprint density at radius 2 is 1.80 bits per heavy atom. The monoisotopic (exact) mass is 450 g/mol. The van der Waals surface area contributed by atoms with E-state index in [1.54, 1.807) is 43.4 Å². The smallest absolute Gasteiger partial charge is 0.337 e. The van der Waals surface area contributed by atoms with Crippen LogP contribution in [-0.4, -0.2) is 22.2 Å². The molecule has 2 aromatic carbocycles. The van der Waals surface area contributed by atoms with Crippen molar-refractivity contribution in [3.8, 4) is 0 Å². The Morgan fingerprint density at radius 3 is 2.44 bits per heavy atom. The van der Waals surface area contributed by atoms with Gasteiger partial charge in [-0.05, 0) is 58.5 Å². The number of carbonyl (C=O) groups is 1. The van der Waals surface area contributed by atoms with Crippen molar-refractivity contribution in [1.29, 1.82) is 0 Å². The lowest BCUT2D eigenvalue weighted by molar-refractivity contribution is 0.0600. The third kappa shape index (κ3) is 3.23. The number of halogens is 1. The average molecular weight is 450 g/mol. The molecule has 25 heavy (non-hydrogen) atoms. The third-order valence-electron chi connectivity index (χ3n) is 4.03. The van der Waals surface area contributed by atoms with Crippen molar-refractivity contribution in [2.24, 2.45) is 7.05 Å². The van der Waals surface area contributed by atoms with Crippen LogP contribution in [0.3, 0.4) is 0 Å². The molecule has 1 heterocycles. The average Bonchev–Trinajstić information content (AvgIpc) is 2.63. The summed E-state index contributed by atoms with van der Waals surface area (Å²) in [5, 5.41) is 0.500. The van der Waals surface area contributed by atoms with Crippen LogP contribution >= 0.6 is 22.6 Å². The minimum atomic E-state index is -0.431. The van der Waals surface area contributed by atoms with Gasteiger partial charge in [0.25, 0.3) is 5.56 Å². The van der Waals surface area contributed by atoms with E-state index in [1.165, 1.54) is 16.2 Å². The van der Waals surface area contributed by atoms with Crippen molar-refractivity contribution >= 4 is 39.5 Å². The van der Waals surface area contributed by atoms with Crippen molar-refractivity contribution in [2.75, 3.05) is 7.11 Å².